The molecule has 3 N–H and O–H groups in total. The van der Waals surface area contributed by atoms with Crippen LogP contribution in [0.5, 0.6) is 0 Å². The van der Waals surface area contributed by atoms with E-state index in [1.54, 1.807) is 24.3 Å². The van der Waals surface area contributed by atoms with Gasteiger partial charge in [0.2, 0.25) is 5.91 Å². The predicted octanol–water partition coefficient (Wildman–Crippen LogP) is 0.794. The van der Waals surface area contributed by atoms with Gasteiger partial charge in [0.05, 0.1) is 11.5 Å². The van der Waals surface area contributed by atoms with E-state index in [-0.39, 0.29) is 17.9 Å². The lowest BCUT2D eigenvalue weighted by atomic mass is 9.97. The third kappa shape index (κ3) is 2.59. The van der Waals surface area contributed by atoms with Gasteiger partial charge in [-0.25, -0.2) is 8.42 Å². The molecule has 1 aliphatic rings. The molecule has 0 bridgehead atoms. The Morgan fingerprint density at radius 1 is 1.33 bits per heavy atom. The Kier molecular flexibility index (Phi) is 3.25. The van der Waals surface area contributed by atoms with Crippen LogP contribution in [0.15, 0.2) is 24.3 Å². The molecule has 5 nitrogen and oxygen atoms in total. The summed E-state index contributed by atoms with van der Waals surface area (Å²) in [6.45, 7) is 0. The first kappa shape index (κ1) is 13.2. The van der Waals surface area contributed by atoms with Crippen LogP contribution in [-0.2, 0) is 14.6 Å². The normalized spacial score (nSPS) is 25.8. The van der Waals surface area contributed by atoms with Crippen molar-refractivity contribution in [1.82, 2.24) is 0 Å². The molecule has 18 heavy (non-hydrogen) atoms. The molecule has 1 amide bonds. The van der Waals surface area contributed by atoms with E-state index in [4.69, 9.17) is 17.3 Å². The fourth-order valence-corrected chi connectivity index (χ4v) is 4.05. The van der Waals surface area contributed by atoms with Crippen molar-refractivity contribution in [3.8, 4) is 0 Å². The zero-order chi connectivity index (χ0) is 13.4. The minimum atomic E-state index is -3.22. The van der Waals surface area contributed by atoms with Crippen molar-refractivity contribution in [2.75, 3.05) is 16.8 Å². The number of sulfone groups is 1. The maximum atomic E-state index is 11.6. The van der Waals surface area contributed by atoms with Gasteiger partial charge in [-0.3, -0.25) is 4.79 Å². The number of carbonyl (C=O) groups is 1. The largest absolute Gasteiger partial charge is 0.370 e. The van der Waals surface area contributed by atoms with Gasteiger partial charge in [0.25, 0.3) is 0 Å². The molecule has 0 saturated carbocycles. The third-order valence-electron chi connectivity index (χ3n) is 3.01. The Hall–Kier alpha value is -1.27. The summed E-state index contributed by atoms with van der Waals surface area (Å²) in [4.78, 5) is 11.6. The smallest absolute Gasteiger partial charge is 0.244 e. The third-order valence-corrected chi connectivity index (χ3v) is 5.02. The molecule has 1 fully saturated rings. The average molecular weight is 289 g/mol. The minimum Gasteiger partial charge on any atom is -0.370 e. The second kappa shape index (κ2) is 4.44. The second-order valence-electron chi connectivity index (χ2n) is 4.42. The Morgan fingerprint density at radius 3 is 2.39 bits per heavy atom. The fourth-order valence-electron chi connectivity index (χ4n) is 2.01. The lowest BCUT2D eigenvalue weighted by Gasteiger charge is -2.26. The summed E-state index contributed by atoms with van der Waals surface area (Å²) in [7, 11) is -3.22. The maximum Gasteiger partial charge on any atom is 0.244 e. The molecule has 1 unspecified atom stereocenters. The predicted molar refractivity (Wildman–Crippen MR) is 70.3 cm³/mol. The lowest BCUT2D eigenvalue weighted by Crippen LogP contribution is -2.51. The van der Waals surface area contributed by atoms with Crippen LogP contribution in [0, 0.1) is 0 Å². The van der Waals surface area contributed by atoms with Crippen molar-refractivity contribution in [3.05, 3.63) is 29.3 Å². The fraction of sp³-hybridized carbons (Fsp3) is 0.364. The topological polar surface area (TPSA) is 89.3 Å². The number of hydrogen-bond donors (Lipinski definition) is 2. The molecule has 0 aromatic heterocycles. The molecule has 1 aliphatic heterocycles. The zero-order valence-electron chi connectivity index (χ0n) is 9.52. The highest BCUT2D eigenvalue weighted by Gasteiger charge is 2.47. The number of nitrogens with one attached hydrogen (secondary N) is 1. The van der Waals surface area contributed by atoms with Crippen LogP contribution in [0.3, 0.4) is 0 Å². The van der Waals surface area contributed by atoms with Gasteiger partial charge in [-0.2, -0.15) is 0 Å². The lowest BCUT2D eigenvalue weighted by molar-refractivity contribution is -0.121. The average Bonchev–Trinajstić information content (AvgIpc) is 2.59. The summed E-state index contributed by atoms with van der Waals surface area (Å²) in [6, 6.07) is 6.67. The summed E-state index contributed by atoms with van der Waals surface area (Å²) in [6.07, 6.45) is 0.188. The zero-order valence-corrected chi connectivity index (χ0v) is 11.1. The molecule has 1 aromatic carbocycles. The van der Waals surface area contributed by atoms with Crippen molar-refractivity contribution < 1.29 is 13.2 Å². The van der Waals surface area contributed by atoms with Gasteiger partial charge in [-0.15, -0.1) is 0 Å². The molecule has 1 aromatic rings. The van der Waals surface area contributed by atoms with Crippen LogP contribution in [0.25, 0.3) is 0 Å². The van der Waals surface area contributed by atoms with Crippen molar-refractivity contribution in [1.29, 1.82) is 0 Å². The van der Waals surface area contributed by atoms with Crippen molar-refractivity contribution in [3.63, 3.8) is 0 Å². The van der Waals surface area contributed by atoms with E-state index in [9.17, 15) is 13.2 Å². The van der Waals surface area contributed by atoms with Crippen molar-refractivity contribution in [2.24, 2.45) is 5.73 Å². The number of amides is 1. The van der Waals surface area contributed by atoms with Gasteiger partial charge in [-0.05, 0) is 30.7 Å². The first-order chi connectivity index (χ1) is 8.33. The number of hydrogen-bond acceptors (Lipinski definition) is 4. The molecule has 2 rings (SSSR count). The first-order valence-electron chi connectivity index (χ1n) is 5.37. The standard InChI is InChI=1S/C11H13ClN2O3S/c12-8-1-3-9(4-2-8)14-11(10(13)15)5-6-18(16,17)7-11/h1-4,14H,5-7H2,(H2,13,15). The monoisotopic (exact) mass is 288 g/mol. The Morgan fingerprint density at radius 2 is 1.94 bits per heavy atom. The molecule has 7 heteroatoms. The summed E-state index contributed by atoms with van der Waals surface area (Å²) in [5.41, 5.74) is 4.74. The molecule has 0 radical (unpaired) electrons. The van der Waals surface area contributed by atoms with E-state index >= 15 is 0 Å². The Balaban J connectivity index is 2.28. The van der Waals surface area contributed by atoms with Gasteiger partial charge in [0.15, 0.2) is 9.84 Å². The van der Waals surface area contributed by atoms with Gasteiger partial charge in [0.1, 0.15) is 5.54 Å². The highest BCUT2D eigenvalue weighted by atomic mass is 35.5. The number of carbonyl (C=O) groups excluding carboxylic acids is 1. The quantitative estimate of drug-likeness (QED) is 0.861. The Labute approximate surface area is 110 Å². The van der Waals surface area contributed by atoms with Crippen LogP contribution in [-0.4, -0.2) is 31.4 Å². The molecule has 0 aliphatic carbocycles. The SMILES string of the molecule is NC(=O)C1(Nc2ccc(Cl)cc2)CCS(=O)(=O)C1. The minimum absolute atomic E-state index is 0.0312. The molecule has 1 saturated heterocycles. The van der Waals surface area contributed by atoms with E-state index in [2.05, 4.69) is 5.32 Å². The van der Waals surface area contributed by atoms with E-state index in [0.717, 1.165) is 0 Å². The summed E-state index contributed by atoms with van der Waals surface area (Å²) < 4.78 is 23.1. The van der Waals surface area contributed by atoms with Crippen molar-refractivity contribution in [2.45, 2.75) is 12.0 Å². The molecular formula is C11H13ClN2O3S. The van der Waals surface area contributed by atoms with E-state index in [1.165, 1.54) is 0 Å². The van der Waals surface area contributed by atoms with Gasteiger partial charge >= 0.3 is 0 Å². The van der Waals surface area contributed by atoms with Crippen molar-refractivity contribution >= 4 is 33.0 Å². The summed E-state index contributed by atoms with van der Waals surface area (Å²) >= 11 is 5.76. The number of nitrogens with two attached hydrogens (primary N) is 1. The van der Waals surface area contributed by atoms with Crippen LogP contribution in [0.1, 0.15) is 6.42 Å². The van der Waals surface area contributed by atoms with Crippen LogP contribution >= 0.6 is 11.6 Å². The number of benzene rings is 1. The molecule has 98 valence electrons. The van der Waals surface area contributed by atoms with Crippen LogP contribution < -0.4 is 11.1 Å². The molecule has 1 atom stereocenters. The van der Waals surface area contributed by atoms with Gasteiger partial charge < -0.3 is 11.1 Å². The highest BCUT2D eigenvalue weighted by molar-refractivity contribution is 7.91. The highest BCUT2D eigenvalue weighted by Crippen LogP contribution is 2.28. The summed E-state index contributed by atoms with van der Waals surface area (Å²) in [5.74, 6) is -0.951. The number of rotatable bonds is 3. The summed E-state index contributed by atoms with van der Waals surface area (Å²) in [5, 5.41) is 3.49. The number of primary amides is 1. The van der Waals surface area contributed by atoms with E-state index < -0.39 is 21.3 Å². The van der Waals surface area contributed by atoms with E-state index in [0.29, 0.717) is 10.7 Å². The molecule has 1 heterocycles. The maximum absolute atomic E-state index is 11.6. The van der Waals surface area contributed by atoms with Crippen LogP contribution in [0.4, 0.5) is 5.69 Å². The number of halogens is 1. The molecular weight excluding hydrogens is 276 g/mol. The Bertz CT molecular complexity index is 570. The van der Waals surface area contributed by atoms with Gasteiger partial charge in [-0.1, -0.05) is 11.6 Å². The van der Waals surface area contributed by atoms with Gasteiger partial charge in [0, 0.05) is 10.7 Å². The first-order valence-corrected chi connectivity index (χ1v) is 7.57. The van der Waals surface area contributed by atoms with Crippen LogP contribution in [0.2, 0.25) is 5.02 Å². The van der Waals surface area contributed by atoms with E-state index in [1.807, 2.05) is 0 Å². The second-order valence-corrected chi connectivity index (χ2v) is 7.04. The molecule has 0 spiro atoms. The number of anilines is 1.